The molecule has 10 heteroatoms. The minimum Gasteiger partial charge on any atom is -0.497 e. The smallest absolute Gasteiger partial charge is 0.253 e. The molecule has 1 aliphatic carbocycles. The standard InChI is InChI=1S/C28H32FN7O2/c1-38-21-11-12-24-19(17-21)18-22(28(37)30-24)26(27-31-32-33-36(27)20-7-3-2-4-8-20)35-15-13-34(14-16-35)25-10-6-5-9-23(25)29/h5-6,9-12,17-18,20,26H,2-4,7-8,13-16H2,1H3,(H,30,37)/t26-/m1/s1. The number of nitrogens with zero attached hydrogens (tertiary/aromatic N) is 6. The van der Waals surface area contributed by atoms with E-state index in [2.05, 4.69) is 30.3 Å². The molecule has 3 heterocycles. The SMILES string of the molecule is COc1ccc2[nH]c(=O)c([C@H](c3nnnn3C3CCCCC3)N3CCN(c4ccccc4F)CC3)cc2c1. The van der Waals surface area contributed by atoms with E-state index >= 15 is 0 Å². The molecule has 4 aromatic rings. The number of H-pyrrole nitrogens is 1. The first-order valence-corrected chi connectivity index (χ1v) is 13.3. The Balaban J connectivity index is 1.40. The third kappa shape index (κ3) is 4.64. The van der Waals surface area contributed by atoms with Gasteiger partial charge < -0.3 is 14.6 Å². The minimum absolute atomic E-state index is 0.164. The van der Waals surface area contributed by atoms with Gasteiger partial charge in [-0.2, -0.15) is 0 Å². The molecule has 2 aromatic heterocycles. The molecular formula is C28H32FN7O2. The molecule has 0 radical (unpaired) electrons. The second kappa shape index (κ2) is 10.5. The van der Waals surface area contributed by atoms with Crippen LogP contribution in [0.1, 0.15) is 55.6 Å². The quantitative estimate of drug-likeness (QED) is 0.412. The normalized spacial score (nSPS) is 18.1. The zero-order valence-corrected chi connectivity index (χ0v) is 21.5. The zero-order valence-electron chi connectivity index (χ0n) is 21.5. The number of methoxy groups -OCH3 is 1. The summed E-state index contributed by atoms with van der Waals surface area (Å²) in [7, 11) is 1.63. The van der Waals surface area contributed by atoms with Crippen molar-refractivity contribution in [1.29, 1.82) is 0 Å². The fourth-order valence-electron chi connectivity index (χ4n) is 5.93. The van der Waals surface area contributed by atoms with Gasteiger partial charge in [-0.15, -0.1) is 5.10 Å². The van der Waals surface area contributed by atoms with E-state index in [1.54, 1.807) is 13.2 Å². The van der Waals surface area contributed by atoms with Gasteiger partial charge in [0.05, 0.1) is 18.8 Å². The van der Waals surface area contributed by atoms with Crippen LogP contribution in [0.5, 0.6) is 5.75 Å². The lowest BCUT2D eigenvalue weighted by atomic mass is 9.95. The molecule has 1 saturated heterocycles. The summed E-state index contributed by atoms with van der Waals surface area (Å²) in [5, 5.41) is 13.9. The molecule has 198 valence electrons. The highest BCUT2D eigenvalue weighted by Crippen LogP contribution is 2.34. The molecule has 6 rings (SSSR count). The van der Waals surface area contributed by atoms with Gasteiger partial charge in [0, 0.05) is 42.6 Å². The molecule has 1 saturated carbocycles. The summed E-state index contributed by atoms with van der Waals surface area (Å²) < 4.78 is 21.9. The Morgan fingerprint density at radius 3 is 2.58 bits per heavy atom. The van der Waals surface area contributed by atoms with Gasteiger partial charge in [-0.05, 0) is 59.7 Å². The number of rotatable bonds is 6. The van der Waals surface area contributed by atoms with E-state index in [-0.39, 0.29) is 17.4 Å². The largest absolute Gasteiger partial charge is 0.497 e. The van der Waals surface area contributed by atoms with E-state index in [9.17, 15) is 9.18 Å². The molecule has 2 aliphatic rings. The van der Waals surface area contributed by atoms with E-state index in [1.165, 1.54) is 12.5 Å². The first kappa shape index (κ1) is 24.5. The zero-order chi connectivity index (χ0) is 26.1. The van der Waals surface area contributed by atoms with Gasteiger partial charge in [0.1, 0.15) is 17.6 Å². The van der Waals surface area contributed by atoms with E-state index in [0.29, 0.717) is 43.3 Å². The maximum atomic E-state index is 14.5. The van der Waals surface area contributed by atoms with Crippen molar-refractivity contribution in [3.63, 3.8) is 0 Å². The number of anilines is 1. The Labute approximate surface area is 220 Å². The van der Waals surface area contributed by atoms with Crippen molar-refractivity contribution in [2.75, 3.05) is 38.2 Å². The molecule has 0 bridgehead atoms. The number of aromatic nitrogens is 5. The van der Waals surface area contributed by atoms with Gasteiger partial charge in [0.25, 0.3) is 5.56 Å². The van der Waals surface area contributed by atoms with Crippen LogP contribution in [0, 0.1) is 5.82 Å². The van der Waals surface area contributed by atoms with Gasteiger partial charge in [0.15, 0.2) is 5.82 Å². The van der Waals surface area contributed by atoms with Gasteiger partial charge in [-0.1, -0.05) is 31.4 Å². The molecule has 1 N–H and O–H groups in total. The van der Waals surface area contributed by atoms with Crippen molar-refractivity contribution < 1.29 is 9.13 Å². The molecule has 0 spiro atoms. The Bertz CT molecular complexity index is 1470. The summed E-state index contributed by atoms with van der Waals surface area (Å²) in [6, 6.07) is 14.2. The number of pyridine rings is 1. The lowest BCUT2D eigenvalue weighted by Gasteiger charge is -2.40. The number of tetrazole rings is 1. The highest BCUT2D eigenvalue weighted by atomic mass is 19.1. The molecule has 0 amide bonds. The molecule has 0 unspecified atom stereocenters. The van der Waals surface area contributed by atoms with Crippen molar-refractivity contribution in [1.82, 2.24) is 30.1 Å². The van der Waals surface area contributed by atoms with Crippen LogP contribution in [0.2, 0.25) is 0 Å². The van der Waals surface area contributed by atoms with Crippen molar-refractivity contribution in [3.05, 3.63) is 76.1 Å². The Morgan fingerprint density at radius 2 is 1.82 bits per heavy atom. The maximum absolute atomic E-state index is 14.5. The first-order valence-electron chi connectivity index (χ1n) is 13.3. The van der Waals surface area contributed by atoms with Gasteiger partial charge in [-0.3, -0.25) is 9.69 Å². The van der Waals surface area contributed by atoms with Gasteiger partial charge in [0.2, 0.25) is 0 Å². The molecule has 2 aromatic carbocycles. The highest BCUT2D eigenvalue weighted by molar-refractivity contribution is 5.80. The number of hydrogen-bond acceptors (Lipinski definition) is 7. The lowest BCUT2D eigenvalue weighted by Crippen LogP contribution is -2.49. The number of ether oxygens (including phenoxy) is 1. The van der Waals surface area contributed by atoms with Crippen LogP contribution < -0.4 is 15.2 Å². The Hall–Kier alpha value is -3.79. The van der Waals surface area contributed by atoms with E-state index < -0.39 is 6.04 Å². The summed E-state index contributed by atoms with van der Waals surface area (Å²) in [5.41, 5.74) is 1.78. The second-order valence-electron chi connectivity index (χ2n) is 10.2. The predicted molar refractivity (Wildman–Crippen MR) is 143 cm³/mol. The molecule has 2 fully saturated rings. The number of hydrogen-bond donors (Lipinski definition) is 1. The van der Waals surface area contributed by atoms with Crippen LogP contribution in [0.15, 0.2) is 53.3 Å². The summed E-state index contributed by atoms with van der Waals surface area (Å²) in [4.78, 5) is 20.9. The average Bonchev–Trinajstić information content (AvgIpc) is 3.44. The summed E-state index contributed by atoms with van der Waals surface area (Å²) >= 11 is 0. The first-order chi connectivity index (χ1) is 18.6. The Morgan fingerprint density at radius 1 is 1.03 bits per heavy atom. The minimum atomic E-state index is -0.436. The fraction of sp³-hybridized carbons (Fsp3) is 0.429. The third-order valence-corrected chi connectivity index (χ3v) is 7.93. The van der Waals surface area contributed by atoms with Gasteiger partial charge >= 0.3 is 0 Å². The number of fused-ring (bicyclic) bond motifs is 1. The molecule has 1 atom stereocenters. The monoisotopic (exact) mass is 517 g/mol. The number of nitrogens with one attached hydrogen (secondary N) is 1. The number of para-hydroxylation sites is 1. The van der Waals surface area contributed by atoms with E-state index in [1.807, 2.05) is 41.1 Å². The van der Waals surface area contributed by atoms with E-state index in [0.717, 1.165) is 42.3 Å². The predicted octanol–water partition coefficient (Wildman–Crippen LogP) is 4.08. The second-order valence-corrected chi connectivity index (χ2v) is 10.2. The van der Waals surface area contributed by atoms with Crippen LogP contribution >= 0.6 is 0 Å². The Kier molecular flexibility index (Phi) is 6.80. The van der Waals surface area contributed by atoms with Crippen LogP contribution in [0.3, 0.4) is 0 Å². The maximum Gasteiger partial charge on any atom is 0.253 e. The summed E-state index contributed by atoms with van der Waals surface area (Å²) in [6.45, 7) is 2.52. The molecular weight excluding hydrogens is 485 g/mol. The van der Waals surface area contributed by atoms with Gasteiger partial charge in [-0.25, -0.2) is 9.07 Å². The fourth-order valence-corrected chi connectivity index (χ4v) is 5.93. The molecule has 38 heavy (non-hydrogen) atoms. The van der Waals surface area contributed by atoms with Crippen LogP contribution in [0.4, 0.5) is 10.1 Å². The van der Waals surface area contributed by atoms with Crippen LogP contribution in [0.25, 0.3) is 10.9 Å². The third-order valence-electron chi connectivity index (χ3n) is 7.93. The van der Waals surface area contributed by atoms with Crippen LogP contribution in [-0.4, -0.2) is 63.4 Å². The van der Waals surface area contributed by atoms with Crippen molar-refractivity contribution in [2.24, 2.45) is 0 Å². The average molecular weight is 518 g/mol. The molecule has 9 nitrogen and oxygen atoms in total. The number of halogens is 1. The lowest BCUT2D eigenvalue weighted by molar-refractivity contribution is 0.192. The van der Waals surface area contributed by atoms with Crippen LogP contribution in [-0.2, 0) is 0 Å². The molecule has 1 aliphatic heterocycles. The van der Waals surface area contributed by atoms with Crippen molar-refractivity contribution in [2.45, 2.75) is 44.2 Å². The van der Waals surface area contributed by atoms with E-state index in [4.69, 9.17) is 4.74 Å². The topological polar surface area (TPSA) is 92.2 Å². The highest BCUT2D eigenvalue weighted by Gasteiger charge is 2.34. The number of piperazine rings is 1. The number of aromatic amines is 1. The van der Waals surface area contributed by atoms with Crippen molar-refractivity contribution >= 4 is 16.6 Å². The summed E-state index contributed by atoms with van der Waals surface area (Å²) in [6.07, 6.45) is 5.56. The summed E-state index contributed by atoms with van der Waals surface area (Å²) in [5.74, 6) is 1.18. The number of benzene rings is 2. The van der Waals surface area contributed by atoms with Crippen molar-refractivity contribution in [3.8, 4) is 5.75 Å².